The molecule has 0 saturated heterocycles. The third-order valence-electron chi connectivity index (χ3n) is 3.37. The van der Waals surface area contributed by atoms with E-state index < -0.39 is 0 Å². The van der Waals surface area contributed by atoms with Gasteiger partial charge in [0.1, 0.15) is 0 Å². The van der Waals surface area contributed by atoms with Crippen LogP contribution < -0.4 is 11.1 Å². The molecule has 4 nitrogen and oxygen atoms in total. The van der Waals surface area contributed by atoms with Crippen molar-refractivity contribution in [1.82, 2.24) is 5.32 Å². The number of halogens is 1. The lowest BCUT2D eigenvalue weighted by atomic mass is 10.0. The number of nitrogens with two attached hydrogens (primary N) is 1. The molecule has 0 aliphatic rings. The van der Waals surface area contributed by atoms with Crippen LogP contribution in [0.15, 0.2) is 53.7 Å². The topological polar surface area (TPSA) is 70.6 Å². The second kappa shape index (κ2) is 7.11. The largest absolute Gasteiger partial charge is 0.409 e. The maximum atomic E-state index is 8.83. The predicted octanol–water partition coefficient (Wildman–Crippen LogP) is 3.29. The molecule has 0 heterocycles. The molecule has 0 spiro atoms. The van der Waals surface area contributed by atoms with Crippen LogP contribution in [-0.4, -0.2) is 11.0 Å². The molecule has 0 aromatic heterocycles. The van der Waals surface area contributed by atoms with Crippen molar-refractivity contribution < 1.29 is 5.21 Å². The van der Waals surface area contributed by atoms with Crippen LogP contribution in [0.4, 0.5) is 0 Å². The summed E-state index contributed by atoms with van der Waals surface area (Å²) >= 11 is 6.19. The number of hydrogen-bond donors (Lipinski definition) is 3. The van der Waals surface area contributed by atoms with Crippen LogP contribution in [0, 0.1) is 0 Å². The normalized spacial score (nSPS) is 13.1. The van der Waals surface area contributed by atoms with Crippen molar-refractivity contribution in [2.45, 2.75) is 19.5 Å². The zero-order valence-electron chi connectivity index (χ0n) is 11.8. The van der Waals surface area contributed by atoms with Gasteiger partial charge in [-0.05, 0) is 24.1 Å². The van der Waals surface area contributed by atoms with E-state index in [4.69, 9.17) is 22.5 Å². The van der Waals surface area contributed by atoms with Crippen molar-refractivity contribution in [1.29, 1.82) is 0 Å². The molecule has 0 radical (unpaired) electrons. The first kappa shape index (κ1) is 15.4. The minimum absolute atomic E-state index is 0.0963. The Kier molecular flexibility index (Phi) is 5.20. The van der Waals surface area contributed by atoms with Crippen molar-refractivity contribution in [3.8, 4) is 0 Å². The second-order valence-electron chi connectivity index (χ2n) is 4.77. The Balaban J connectivity index is 2.12. The van der Waals surface area contributed by atoms with Gasteiger partial charge in [-0.25, -0.2) is 0 Å². The molecule has 0 fully saturated rings. The summed E-state index contributed by atoms with van der Waals surface area (Å²) in [6.45, 7) is 2.64. The molecule has 2 aromatic carbocycles. The van der Waals surface area contributed by atoms with Gasteiger partial charge in [-0.3, -0.25) is 0 Å². The van der Waals surface area contributed by atoms with Crippen molar-refractivity contribution in [2.75, 3.05) is 0 Å². The Morgan fingerprint density at radius 3 is 2.62 bits per heavy atom. The maximum Gasteiger partial charge on any atom is 0.170 e. The summed E-state index contributed by atoms with van der Waals surface area (Å²) < 4.78 is 0. The van der Waals surface area contributed by atoms with E-state index >= 15 is 0 Å². The summed E-state index contributed by atoms with van der Waals surface area (Å²) in [4.78, 5) is 0. The van der Waals surface area contributed by atoms with Crippen LogP contribution in [0.25, 0.3) is 0 Å². The quantitative estimate of drug-likeness (QED) is 0.343. The predicted molar refractivity (Wildman–Crippen MR) is 85.7 cm³/mol. The van der Waals surface area contributed by atoms with E-state index in [1.54, 1.807) is 0 Å². The molecule has 4 N–H and O–H groups in total. The number of benzene rings is 2. The fourth-order valence-corrected chi connectivity index (χ4v) is 2.48. The summed E-state index contributed by atoms with van der Waals surface area (Å²) in [6, 6.07) is 15.4. The SMILES string of the molecule is C[C@H](NCc1ccccc1/C(N)=N/O)c1ccccc1Cl. The number of rotatable bonds is 5. The minimum atomic E-state index is 0.0963. The summed E-state index contributed by atoms with van der Waals surface area (Å²) in [6.07, 6.45) is 0. The van der Waals surface area contributed by atoms with Gasteiger partial charge in [-0.15, -0.1) is 0 Å². The van der Waals surface area contributed by atoms with Crippen molar-refractivity contribution in [3.63, 3.8) is 0 Å². The van der Waals surface area contributed by atoms with Gasteiger partial charge >= 0.3 is 0 Å². The van der Waals surface area contributed by atoms with E-state index in [2.05, 4.69) is 10.5 Å². The Labute approximate surface area is 129 Å². The first-order valence-electron chi connectivity index (χ1n) is 6.67. The molecule has 5 heteroatoms. The van der Waals surface area contributed by atoms with E-state index in [1.165, 1.54) is 0 Å². The Bertz CT molecular complexity index is 643. The Hall–Kier alpha value is -2.04. The van der Waals surface area contributed by atoms with Gasteiger partial charge in [0.15, 0.2) is 5.84 Å². The molecule has 110 valence electrons. The van der Waals surface area contributed by atoms with E-state index in [0.29, 0.717) is 6.54 Å². The highest BCUT2D eigenvalue weighted by Crippen LogP contribution is 2.22. The highest BCUT2D eigenvalue weighted by Gasteiger charge is 2.11. The lowest BCUT2D eigenvalue weighted by Gasteiger charge is -2.17. The van der Waals surface area contributed by atoms with Gasteiger partial charge in [0.25, 0.3) is 0 Å². The number of nitrogens with one attached hydrogen (secondary N) is 1. The maximum absolute atomic E-state index is 8.83. The molecule has 0 aliphatic heterocycles. The van der Waals surface area contributed by atoms with Gasteiger partial charge in [-0.1, -0.05) is 59.2 Å². The van der Waals surface area contributed by atoms with Crippen LogP contribution in [-0.2, 0) is 6.54 Å². The molecule has 0 saturated carbocycles. The van der Waals surface area contributed by atoms with Crippen LogP contribution >= 0.6 is 11.6 Å². The highest BCUT2D eigenvalue weighted by atomic mass is 35.5. The summed E-state index contributed by atoms with van der Waals surface area (Å²) in [5, 5.41) is 16.0. The summed E-state index contributed by atoms with van der Waals surface area (Å²) in [7, 11) is 0. The minimum Gasteiger partial charge on any atom is -0.409 e. The summed E-state index contributed by atoms with van der Waals surface area (Å²) in [5.74, 6) is 0.109. The second-order valence-corrected chi connectivity index (χ2v) is 5.17. The molecular formula is C16H18ClN3O. The molecule has 0 amide bonds. The van der Waals surface area contributed by atoms with Crippen LogP contribution in [0.3, 0.4) is 0 Å². The summed E-state index contributed by atoms with van der Waals surface area (Å²) in [5.41, 5.74) is 8.42. The third kappa shape index (κ3) is 3.74. The lowest BCUT2D eigenvalue weighted by molar-refractivity contribution is 0.318. The van der Waals surface area contributed by atoms with Crippen LogP contribution in [0.1, 0.15) is 29.7 Å². The smallest absolute Gasteiger partial charge is 0.170 e. The van der Waals surface area contributed by atoms with Crippen LogP contribution in [0.5, 0.6) is 0 Å². The molecule has 2 aromatic rings. The zero-order chi connectivity index (χ0) is 15.2. The van der Waals surface area contributed by atoms with Crippen LogP contribution in [0.2, 0.25) is 5.02 Å². The first-order valence-corrected chi connectivity index (χ1v) is 7.05. The molecule has 21 heavy (non-hydrogen) atoms. The fourth-order valence-electron chi connectivity index (χ4n) is 2.18. The van der Waals surface area contributed by atoms with Gasteiger partial charge < -0.3 is 16.3 Å². The number of nitrogens with zero attached hydrogens (tertiary/aromatic N) is 1. The molecule has 0 aliphatic carbocycles. The molecule has 2 rings (SSSR count). The zero-order valence-corrected chi connectivity index (χ0v) is 12.5. The molecule has 1 atom stereocenters. The van der Waals surface area contributed by atoms with Crippen molar-refractivity contribution >= 4 is 17.4 Å². The standard InChI is InChI=1S/C16H18ClN3O/c1-11(13-7-4-5-9-15(13)17)19-10-12-6-2-3-8-14(12)16(18)20-21/h2-9,11,19,21H,10H2,1H3,(H2,18,20)/t11-/m0/s1. The number of hydrogen-bond acceptors (Lipinski definition) is 3. The van der Waals surface area contributed by atoms with Gasteiger partial charge in [0, 0.05) is 23.2 Å². The lowest BCUT2D eigenvalue weighted by Crippen LogP contribution is -2.22. The van der Waals surface area contributed by atoms with Crippen molar-refractivity contribution in [2.24, 2.45) is 10.9 Å². The van der Waals surface area contributed by atoms with E-state index in [1.807, 2.05) is 55.5 Å². The fraction of sp³-hybridized carbons (Fsp3) is 0.188. The average molecular weight is 304 g/mol. The average Bonchev–Trinajstić information content (AvgIpc) is 2.52. The first-order chi connectivity index (χ1) is 10.1. The molecular weight excluding hydrogens is 286 g/mol. The Morgan fingerprint density at radius 1 is 1.24 bits per heavy atom. The number of oxime groups is 1. The van der Waals surface area contributed by atoms with Crippen molar-refractivity contribution in [3.05, 3.63) is 70.2 Å². The van der Waals surface area contributed by atoms with E-state index in [9.17, 15) is 0 Å². The number of amidine groups is 1. The highest BCUT2D eigenvalue weighted by molar-refractivity contribution is 6.31. The van der Waals surface area contributed by atoms with E-state index in [0.717, 1.165) is 21.7 Å². The molecule has 0 unspecified atom stereocenters. The van der Waals surface area contributed by atoms with E-state index in [-0.39, 0.29) is 11.9 Å². The monoisotopic (exact) mass is 303 g/mol. The van der Waals surface area contributed by atoms with Gasteiger partial charge in [-0.2, -0.15) is 0 Å². The Morgan fingerprint density at radius 2 is 1.90 bits per heavy atom. The van der Waals surface area contributed by atoms with Gasteiger partial charge in [0.2, 0.25) is 0 Å². The third-order valence-corrected chi connectivity index (χ3v) is 3.72. The molecule has 0 bridgehead atoms. The van der Waals surface area contributed by atoms with Gasteiger partial charge in [0.05, 0.1) is 0 Å².